The summed E-state index contributed by atoms with van der Waals surface area (Å²) in [5.74, 6) is -1.09. The number of hydrogen-bond donors (Lipinski definition) is 1. The van der Waals surface area contributed by atoms with Crippen LogP contribution in [0, 0.1) is 0 Å². The van der Waals surface area contributed by atoms with Crippen LogP contribution in [0.25, 0.3) is 10.6 Å². The number of carboxylic acids is 1. The molecule has 0 unspecified atom stereocenters. The maximum absolute atomic E-state index is 10.7. The maximum atomic E-state index is 10.7. The molecule has 6 heteroatoms. The molecule has 0 aliphatic heterocycles. The average molecular weight is 274 g/mol. The first-order valence-electron chi connectivity index (χ1n) is 4.23. The highest BCUT2D eigenvalue weighted by Crippen LogP contribution is 2.30. The number of aromatic carboxylic acids is 1. The molecule has 1 N–H and O–H groups in total. The summed E-state index contributed by atoms with van der Waals surface area (Å²) in [5, 5.41) is 8.77. The highest BCUT2D eigenvalue weighted by molar-refractivity contribution is 7.19. The lowest BCUT2D eigenvalue weighted by atomic mass is 10.2. The molecule has 0 aliphatic carbocycles. The van der Waals surface area contributed by atoms with Crippen LogP contribution >= 0.6 is 34.5 Å². The second-order valence-electron chi connectivity index (χ2n) is 2.94. The van der Waals surface area contributed by atoms with Gasteiger partial charge in [-0.05, 0) is 24.3 Å². The third kappa shape index (κ3) is 2.19. The van der Waals surface area contributed by atoms with Crippen molar-refractivity contribution < 1.29 is 9.90 Å². The van der Waals surface area contributed by atoms with Gasteiger partial charge in [-0.1, -0.05) is 23.2 Å². The van der Waals surface area contributed by atoms with Crippen LogP contribution in [0.15, 0.2) is 24.3 Å². The zero-order valence-corrected chi connectivity index (χ0v) is 10.1. The van der Waals surface area contributed by atoms with Gasteiger partial charge in [0.25, 0.3) is 0 Å². The molecule has 82 valence electrons. The zero-order chi connectivity index (χ0) is 11.7. The Balaban J connectivity index is 2.45. The number of halogens is 2. The first kappa shape index (κ1) is 11.4. The molecule has 2 heterocycles. The predicted octanol–water partition coefficient (Wildman–Crippen LogP) is 3.82. The van der Waals surface area contributed by atoms with Crippen molar-refractivity contribution in [2.45, 2.75) is 0 Å². The first-order valence-corrected chi connectivity index (χ1v) is 5.80. The molecule has 0 saturated carbocycles. The first-order chi connectivity index (χ1) is 7.58. The van der Waals surface area contributed by atoms with E-state index in [1.807, 2.05) is 6.07 Å². The van der Waals surface area contributed by atoms with E-state index in [2.05, 4.69) is 4.98 Å². The lowest BCUT2D eigenvalue weighted by Gasteiger charge is -2.00. The number of carboxylic acid groups (broad SMARTS) is 1. The van der Waals surface area contributed by atoms with Gasteiger partial charge in [0, 0.05) is 0 Å². The van der Waals surface area contributed by atoms with Crippen molar-refractivity contribution in [1.29, 1.82) is 0 Å². The van der Waals surface area contributed by atoms with Crippen LogP contribution in [0.3, 0.4) is 0 Å². The molecule has 3 nitrogen and oxygen atoms in total. The Bertz CT molecular complexity index is 554. The van der Waals surface area contributed by atoms with E-state index in [1.54, 1.807) is 12.1 Å². The SMILES string of the molecule is O=C(O)c1ccc(-c2ccc(Cl)s2)nc1Cl. The fraction of sp³-hybridized carbons (Fsp3) is 0. The molecule has 0 saturated heterocycles. The highest BCUT2D eigenvalue weighted by atomic mass is 35.5. The molecule has 0 bridgehead atoms. The highest BCUT2D eigenvalue weighted by Gasteiger charge is 2.12. The molecule has 16 heavy (non-hydrogen) atoms. The third-order valence-electron chi connectivity index (χ3n) is 1.90. The van der Waals surface area contributed by atoms with Crippen molar-refractivity contribution in [2.75, 3.05) is 0 Å². The van der Waals surface area contributed by atoms with Crippen molar-refractivity contribution in [2.24, 2.45) is 0 Å². The molecule has 0 aliphatic rings. The smallest absolute Gasteiger partial charge is 0.338 e. The topological polar surface area (TPSA) is 50.2 Å². The number of hydrogen-bond acceptors (Lipinski definition) is 3. The Morgan fingerprint density at radius 3 is 2.50 bits per heavy atom. The van der Waals surface area contributed by atoms with E-state index in [9.17, 15) is 4.79 Å². The minimum Gasteiger partial charge on any atom is -0.478 e. The second-order valence-corrected chi connectivity index (χ2v) is 5.02. The minimum absolute atomic E-state index is 0.00642. The maximum Gasteiger partial charge on any atom is 0.338 e. The van der Waals surface area contributed by atoms with Crippen LogP contribution in [0.2, 0.25) is 9.49 Å². The number of nitrogens with zero attached hydrogens (tertiary/aromatic N) is 1. The molecule has 0 spiro atoms. The Kier molecular flexibility index (Phi) is 3.14. The van der Waals surface area contributed by atoms with E-state index < -0.39 is 5.97 Å². The van der Waals surface area contributed by atoms with Crippen molar-refractivity contribution in [1.82, 2.24) is 4.98 Å². The number of thiophene rings is 1. The van der Waals surface area contributed by atoms with Crippen molar-refractivity contribution in [3.63, 3.8) is 0 Å². The van der Waals surface area contributed by atoms with Gasteiger partial charge in [0.2, 0.25) is 0 Å². The Labute approximate surface area is 105 Å². The molecular formula is C10H5Cl2NO2S. The molecule has 0 aromatic carbocycles. The van der Waals surface area contributed by atoms with Crippen molar-refractivity contribution >= 4 is 40.5 Å². The van der Waals surface area contributed by atoms with Crippen LogP contribution in [0.4, 0.5) is 0 Å². The summed E-state index contributed by atoms with van der Waals surface area (Å²) >= 11 is 12.9. The average Bonchev–Trinajstić information content (AvgIpc) is 2.64. The van der Waals surface area contributed by atoms with E-state index in [0.29, 0.717) is 10.0 Å². The molecule has 2 aromatic heterocycles. The predicted molar refractivity (Wildman–Crippen MR) is 64.5 cm³/mol. The summed E-state index contributed by atoms with van der Waals surface area (Å²) in [6, 6.07) is 6.60. The molecule has 0 fully saturated rings. The third-order valence-corrected chi connectivity index (χ3v) is 3.45. The van der Waals surface area contributed by atoms with E-state index in [4.69, 9.17) is 28.3 Å². The Morgan fingerprint density at radius 2 is 2.00 bits per heavy atom. The van der Waals surface area contributed by atoms with E-state index in [1.165, 1.54) is 17.4 Å². The molecular weight excluding hydrogens is 269 g/mol. The van der Waals surface area contributed by atoms with E-state index in [-0.39, 0.29) is 10.7 Å². The van der Waals surface area contributed by atoms with Gasteiger partial charge in [0.1, 0.15) is 5.15 Å². The summed E-state index contributed by atoms with van der Waals surface area (Å²) in [7, 11) is 0. The van der Waals surface area contributed by atoms with Gasteiger partial charge in [-0.25, -0.2) is 9.78 Å². The monoisotopic (exact) mass is 273 g/mol. The van der Waals surface area contributed by atoms with Gasteiger partial charge in [0.05, 0.1) is 20.5 Å². The zero-order valence-electron chi connectivity index (χ0n) is 7.78. The van der Waals surface area contributed by atoms with Gasteiger partial charge < -0.3 is 5.11 Å². The van der Waals surface area contributed by atoms with Crippen LogP contribution < -0.4 is 0 Å². The minimum atomic E-state index is -1.09. The summed E-state index contributed by atoms with van der Waals surface area (Å²) in [6.07, 6.45) is 0. The Hall–Kier alpha value is -1.10. The van der Waals surface area contributed by atoms with Crippen molar-refractivity contribution in [3.05, 3.63) is 39.3 Å². The summed E-state index contributed by atoms with van der Waals surface area (Å²) in [6.45, 7) is 0. The molecule has 0 amide bonds. The van der Waals surface area contributed by atoms with E-state index >= 15 is 0 Å². The Morgan fingerprint density at radius 1 is 1.25 bits per heavy atom. The largest absolute Gasteiger partial charge is 0.478 e. The summed E-state index contributed by atoms with van der Waals surface area (Å²) in [4.78, 5) is 15.6. The van der Waals surface area contributed by atoms with Crippen LogP contribution in [0.5, 0.6) is 0 Å². The quantitative estimate of drug-likeness (QED) is 0.847. The van der Waals surface area contributed by atoms with Crippen molar-refractivity contribution in [3.8, 4) is 10.6 Å². The fourth-order valence-electron chi connectivity index (χ4n) is 1.18. The summed E-state index contributed by atoms with van der Waals surface area (Å²) in [5.41, 5.74) is 0.611. The number of aromatic nitrogens is 1. The lowest BCUT2D eigenvalue weighted by molar-refractivity contribution is 0.0696. The molecule has 2 aromatic rings. The fourth-order valence-corrected chi connectivity index (χ4v) is 2.43. The van der Waals surface area contributed by atoms with Gasteiger partial charge in [0.15, 0.2) is 0 Å². The van der Waals surface area contributed by atoms with Gasteiger partial charge >= 0.3 is 5.97 Å². The van der Waals surface area contributed by atoms with E-state index in [0.717, 1.165) is 4.88 Å². The summed E-state index contributed by atoms with van der Waals surface area (Å²) < 4.78 is 0.648. The van der Waals surface area contributed by atoms with Crippen LogP contribution in [0.1, 0.15) is 10.4 Å². The van der Waals surface area contributed by atoms with Gasteiger partial charge in [-0.3, -0.25) is 0 Å². The number of rotatable bonds is 2. The van der Waals surface area contributed by atoms with Gasteiger partial charge in [-0.15, -0.1) is 11.3 Å². The lowest BCUT2D eigenvalue weighted by Crippen LogP contribution is -1.99. The van der Waals surface area contributed by atoms with Crippen LogP contribution in [-0.4, -0.2) is 16.1 Å². The number of pyridine rings is 1. The molecule has 2 rings (SSSR count). The molecule has 0 radical (unpaired) electrons. The molecule has 0 atom stereocenters. The normalized spacial score (nSPS) is 10.4. The second kappa shape index (κ2) is 4.41. The van der Waals surface area contributed by atoms with Gasteiger partial charge in [-0.2, -0.15) is 0 Å². The van der Waals surface area contributed by atoms with Crippen LogP contribution in [-0.2, 0) is 0 Å². The number of carbonyl (C=O) groups is 1. The standard InChI is InChI=1S/C10H5Cl2NO2S/c11-8-4-3-7(16-8)6-2-1-5(10(14)15)9(12)13-6/h1-4H,(H,14,15).